The third kappa shape index (κ3) is 2.19. The van der Waals surface area contributed by atoms with Gasteiger partial charge in [0, 0.05) is 23.0 Å². The molecular weight excluding hydrogens is 246 g/mol. The fourth-order valence-electron chi connectivity index (χ4n) is 2.23. The number of anilines is 2. The number of pyridine rings is 1. The lowest BCUT2D eigenvalue weighted by Crippen LogP contribution is -1.93. The van der Waals surface area contributed by atoms with Crippen LogP contribution >= 0.6 is 0 Å². The highest BCUT2D eigenvalue weighted by atomic mass is 14.9. The van der Waals surface area contributed by atoms with Gasteiger partial charge in [-0.2, -0.15) is 5.26 Å². The minimum Gasteiger partial charge on any atom is -0.355 e. The molecule has 3 nitrogen and oxygen atoms in total. The number of fused-ring (bicyclic) bond motifs is 1. The summed E-state index contributed by atoms with van der Waals surface area (Å²) in [6, 6.07) is 17.9. The van der Waals surface area contributed by atoms with E-state index in [2.05, 4.69) is 16.4 Å². The Morgan fingerprint density at radius 3 is 2.80 bits per heavy atom. The van der Waals surface area contributed by atoms with E-state index < -0.39 is 0 Å². The van der Waals surface area contributed by atoms with Crippen molar-refractivity contribution in [1.29, 1.82) is 5.26 Å². The van der Waals surface area contributed by atoms with E-state index in [1.807, 2.05) is 55.5 Å². The predicted octanol–water partition coefficient (Wildman–Crippen LogP) is 4.16. The van der Waals surface area contributed by atoms with Crippen molar-refractivity contribution < 1.29 is 0 Å². The summed E-state index contributed by atoms with van der Waals surface area (Å²) in [4.78, 5) is 4.35. The Bertz CT molecular complexity index is 811. The van der Waals surface area contributed by atoms with Crippen molar-refractivity contribution >= 4 is 22.3 Å². The third-order valence-corrected chi connectivity index (χ3v) is 3.27. The van der Waals surface area contributed by atoms with Crippen molar-refractivity contribution in [1.82, 2.24) is 4.98 Å². The van der Waals surface area contributed by atoms with Crippen LogP contribution < -0.4 is 5.32 Å². The van der Waals surface area contributed by atoms with Crippen LogP contribution in [0.5, 0.6) is 0 Å². The van der Waals surface area contributed by atoms with Gasteiger partial charge in [0.05, 0.1) is 17.1 Å². The van der Waals surface area contributed by atoms with Gasteiger partial charge in [-0.3, -0.25) is 4.98 Å². The molecule has 0 bridgehead atoms. The van der Waals surface area contributed by atoms with Crippen LogP contribution in [0.1, 0.15) is 11.1 Å². The van der Waals surface area contributed by atoms with Crippen LogP contribution in [-0.4, -0.2) is 4.98 Å². The van der Waals surface area contributed by atoms with Gasteiger partial charge in [-0.05, 0) is 55.0 Å². The van der Waals surface area contributed by atoms with Gasteiger partial charge in [0.15, 0.2) is 0 Å². The molecule has 0 aliphatic rings. The first kappa shape index (κ1) is 12.2. The zero-order chi connectivity index (χ0) is 13.9. The van der Waals surface area contributed by atoms with Gasteiger partial charge in [-0.15, -0.1) is 0 Å². The van der Waals surface area contributed by atoms with E-state index in [1.54, 1.807) is 6.20 Å². The summed E-state index contributed by atoms with van der Waals surface area (Å²) >= 11 is 0. The zero-order valence-corrected chi connectivity index (χ0v) is 11.1. The van der Waals surface area contributed by atoms with Crippen LogP contribution in [0.4, 0.5) is 11.4 Å². The number of benzene rings is 2. The van der Waals surface area contributed by atoms with Gasteiger partial charge in [0.25, 0.3) is 0 Å². The first-order chi connectivity index (χ1) is 9.78. The lowest BCUT2D eigenvalue weighted by Gasteiger charge is -2.10. The predicted molar refractivity (Wildman–Crippen MR) is 80.9 cm³/mol. The molecule has 0 unspecified atom stereocenters. The number of aromatic nitrogens is 1. The number of rotatable bonds is 2. The van der Waals surface area contributed by atoms with E-state index in [0.29, 0.717) is 5.56 Å². The molecule has 1 N–H and O–H groups in total. The Kier molecular flexibility index (Phi) is 3.06. The molecule has 0 atom stereocenters. The van der Waals surface area contributed by atoms with Gasteiger partial charge in [-0.1, -0.05) is 6.07 Å². The number of hydrogen-bond donors (Lipinski definition) is 1. The Morgan fingerprint density at radius 2 is 2.00 bits per heavy atom. The van der Waals surface area contributed by atoms with E-state index in [4.69, 9.17) is 5.26 Å². The molecule has 0 aliphatic heterocycles. The molecule has 0 fully saturated rings. The lowest BCUT2D eigenvalue weighted by molar-refractivity contribution is 1.38. The van der Waals surface area contributed by atoms with E-state index in [0.717, 1.165) is 27.8 Å². The van der Waals surface area contributed by atoms with Crippen LogP contribution in [0.25, 0.3) is 10.9 Å². The first-order valence-electron chi connectivity index (χ1n) is 6.39. The highest BCUT2D eigenvalue weighted by Crippen LogP contribution is 2.26. The normalized spacial score (nSPS) is 10.2. The topological polar surface area (TPSA) is 48.7 Å². The van der Waals surface area contributed by atoms with Crippen molar-refractivity contribution in [3.05, 3.63) is 65.9 Å². The van der Waals surface area contributed by atoms with Crippen molar-refractivity contribution in [2.24, 2.45) is 0 Å². The highest BCUT2D eigenvalue weighted by molar-refractivity contribution is 5.92. The SMILES string of the molecule is Cc1cc(Nc2cccc3ncccc23)ccc1C#N. The quantitative estimate of drug-likeness (QED) is 0.751. The standard InChI is InChI=1S/C17H13N3/c1-12-10-14(8-7-13(12)11-18)20-17-6-2-5-16-15(17)4-3-9-19-16/h2-10,20H,1H3. The first-order valence-corrected chi connectivity index (χ1v) is 6.39. The zero-order valence-electron chi connectivity index (χ0n) is 11.1. The molecule has 3 aromatic rings. The average molecular weight is 259 g/mol. The smallest absolute Gasteiger partial charge is 0.0994 e. The summed E-state index contributed by atoms with van der Waals surface area (Å²) in [5, 5.41) is 13.4. The van der Waals surface area contributed by atoms with Gasteiger partial charge < -0.3 is 5.32 Å². The molecule has 3 rings (SSSR count). The Labute approximate surface area is 117 Å². The molecule has 20 heavy (non-hydrogen) atoms. The monoisotopic (exact) mass is 259 g/mol. The van der Waals surface area contributed by atoms with Gasteiger partial charge >= 0.3 is 0 Å². The minimum absolute atomic E-state index is 0.704. The summed E-state index contributed by atoms with van der Waals surface area (Å²) in [5.41, 5.74) is 4.62. The van der Waals surface area contributed by atoms with Crippen LogP contribution in [0.15, 0.2) is 54.7 Å². The summed E-state index contributed by atoms with van der Waals surface area (Å²) in [5.74, 6) is 0. The van der Waals surface area contributed by atoms with Gasteiger partial charge in [-0.25, -0.2) is 0 Å². The Morgan fingerprint density at radius 1 is 1.10 bits per heavy atom. The molecule has 2 aromatic carbocycles. The van der Waals surface area contributed by atoms with Gasteiger partial charge in [0.1, 0.15) is 0 Å². The van der Waals surface area contributed by atoms with Crippen LogP contribution in [0, 0.1) is 18.3 Å². The van der Waals surface area contributed by atoms with E-state index in [1.165, 1.54) is 0 Å². The summed E-state index contributed by atoms with van der Waals surface area (Å²) in [6.45, 7) is 1.94. The molecule has 96 valence electrons. The molecule has 1 heterocycles. The van der Waals surface area contributed by atoms with Crippen molar-refractivity contribution in [3.8, 4) is 6.07 Å². The van der Waals surface area contributed by atoms with E-state index in [9.17, 15) is 0 Å². The largest absolute Gasteiger partial charge is 0.355 e. The van der Waals surface area contributed by atoms with Crippen LogP contribution in [-0.2, 0) is 0 Å². The molecular formula is C17H13N3. The molecule has 0 saturated carbocycles. The number of nitriles is 1. The maximum Gasteiger partial charge on any atom is 0.0994 e. The van der Waals surface area contributed by atoms with Crippen LogP contribution in [0.3, 0.4) is 0 Å². The molecule has 0 amide bonds. The second kappa shape index (κ2) is 5.02. The number of nitrogens with zero attached hydrogens (tertiary/aromatic N) is 2. The van der Waals surface area contributed by atoms with E-state index >= 15 is 0 Å². The fraction of sp³-hybridized carbons (Fsp3) is 0.0588. The van der Waals surface area contributed by atoms with Crippen molar-refractivity contribution in [2.75, 3.05) is 5.32 Å². The maximum atomic E-state index is 8.96. The number of nitrogens with one attached hydrogen (secondary N) is 1. The van der Waals surface area contributed by atoms with Crippen molar-refractivity contribution in [3.63, 3.8) is 0 Å². The maximum absolute atomic E-state index is 8.96. The van der Waals surface area contributed by atoms with Gasteiger partial charge in [0.2, 0.25) is 0 Å². The lowest BCUT2D eigenvalue weighted by atomic mass is 10.1. The van der Waals surface area contributed by atoms with Crippen LogP contribution in [0.2, 0.25) is 0 Å². The number of aryl methyl sites for hydroxylation is 1. The Hall–Kier alpha value is -2.86. The highest BCUT2D eigenvalue weighted by Gasteiger charge is 2.03. The summed E-state index contributed by atoms with van der Waals surface area (Å²) in [7, 11) is 0. The Balaban J connectivity index is 2.02. The minimum atomic E-state index is 0.704. The van der Waals surface area contributed by atoms with Crippen molar-refractivity contribution in [2.45, 2.75) is 6.92 Å². The number of hydrogen-bond acceptors (Lipinski definition) is 3. The molecule has 1 aromatic heterocycles. The molecule has 0 spiro atoms. The fourth-order valence-corrected chi connectivity index (χ4v) is 2.23. The average Bonchev–Trinajstić information content (AvgIpc) is 2.48. The summed E-state index contributed by atoms with van der Waals surface area (Å²) in [6.07, 6.45) is 1.79. The summed E-state index contributed by atoms with van der Waals surface area (Å²) < 4.78 is 0. The second-order valence-electron chi connectivity index (χ2n) is 4.64. The molecule has 0 saturated heterocycles. The molecule has 0 radical (unpaired) electrons. The molecule has 3 heteroatoms. The van der Waals surface area contributed by atoms with E-state index in [-0.39, 0.29) is 0 Å². The molecule has 0 aliphatic carbocycles. The third-order valence-electron chi connectivity index (χ3n) is 3.27. The second-order valence-corrected chi connectivity index (χ2v) is 4.64.